The molecule has 0 saturated carbocycles. The van der Waals surface area contributed by atoms with Crippen LogP contribution in [0.1, 0.15) is 17.9 Å². The molecule has 0 amide bonds. The minimum atomic E-state index is -0.954. The van der Waals surface area contributed by atoms with Gasteiger partial charge in [0.05, 0.1) is 4.34 Å². The summed E-state index contributed by atoms with van der Waals surface area (Å²) in [6.07, 6.45) is -0.456. The van der Waals surface area contributed by atoms with Crippen molar-refractivity contribution in [3.63, 3.8) is 0 Å². The van der Waals surface area contributed by atoms with E-state index in [1.54, 1.807) is 19.1 Å². The van der Waals surface area contributed by atoms with E-state index in [1.807, 2.05) is 0 Å². The van der Waals surface area contributed by atoms with E-state index in [4.69, 9.17) is 22.1 Å². The van der Waals surface area contributed by atoms with Crippen LogP contribution in [0.3, 0.4) is 0 Å². The minimum Gasteiger partial charge on any atom is -0.483 e. The summed E-state index contributed by atoms with van der Waals surface area (Å²) in [5.41, 5.74) is 5.86. The highest BCUT2D eigenvalue weighted by molar-refractivity contribution is 7.16. The van der Waals surface area contributed by atoms with Gasteiger partial charge in [0, 0.05) is 17.0 Å². The van der Waals surface area contributed by atoms with Gasteiger partial charge < -0.3 is 10.5 Å². The van der Waals surface area contributed by atoms with Crippen LogP contribution in [0.2, 0.25) is 4.34 Å². The predicted molar refractivity (Wildman–Crippen MR) is 72.7 cm³/mol. The fraction of sp³-hybridized carbons (Fsp3) is 0.231. The maximum absolute atomic E-state index is 13.1. The summed E-state index contributed by atoms with van der Waals surface area (Å²) in [4.78, 5) is 0.838. The zero-order valence-corrected chi connectivity index (χ0v) is 11.6. The first-order valence-electron chi connectivity index (χ1n) is 5.60. The Morgan fingerprint density at radius 1 is 1.21 bits per heavy atom. The summed E-state index contributed by atoms with van der Waals surface area (Å²) in [5, 5.41) is 0. The molecule has 2 atom stereocenters. The predicted octanol–water partition coefficient (Wildman–Crippen LogP) is 4.15. The number of halogens is 3. The Hall–Kier alpha value is -1.17. The van der Waals surface area contributed by atoms with Crippen molar-refractivity contribution in [2.24, 2.45) is 5.73 Å². The number of rotatable bonds is 4. The Morgan fingerprint density at radius 3 is 2.47 bits per heavy atom. The maximum atomic E-state index is 13.1. The van der Waals surface area contributed by atoms with E-state index < -0.39 is 17.7 Å². The van der Waals surface area contributed by atoms with Gasteiger partial charge in [-0.3, -0.25) is 0 Å². The normalized spacial score (nSPS) is 14.2. The third-order valence-corrected chi connectivity index (χ3v) is 3.80. The van der Waals surface area contributed by atoms with Gasteiger partial charge in [-0.05, 0) is 31.2 Å². The summed E-state index contributed by atoms with van der Waals surface area (Å²) < 4.78 is 32.2. The Labute approximate surface area is 118 Å². The van der Waals surface area contributed by atoms with Gasteiger partial charge in [0.15, 0.2) is 11.6 Å². The van der Waals surface area contributed by atoms with Crippen LogP contribution in [0.25, 0.3) is 0 Å². The van der Waals surface area contributed by atoms with Crippen molar-refractivity contribution in [3.05, 3.63) is 51.2 Å². The summed E-state index contributed by atoms with van der Waals surface area (Å²) in [5.74, 6) is -1.64. The van der Waals surface area contributed by atoms with Crippen LogP contribution in [0.15, 0.2) is 30.3 Å². The second-order valence-electron chi connectivity index (χ2n) is 4.12. The Bertz CT molecular complexity index is 574. The highest BCUT2D eigenvalue weighted by Gasteiger charge is 2.20. The van der Waals surface area contributed by atoms with E-state index in [9.17, 15) is 8.78 Å². The number of hydrogen-bond donors (Lipinski definition) is 1. The quantitative estimate of drug-likeness (QED) is 0.921. The van der Waals surface area contributed by atoms with Crippen LogP contribution in [-0.4, -0.2) is 6.04 Å². The molecule has 2 rings (SSSR count). The second-order valence-corrected chi connectivity index (χ2v) is 5.86. The summed E-state index contributed by atoms with van der Waals surface area (Å²) in [6, 6.07) is 6.61. The van der Waals surface area contributed by atoms with Gasteiger partial charge in [-0.1, -0.05) is 11.6 Å². The van der Waals surface area contributed by atoms with Gasteiger partial charge >= 0.3 is 0 Å². The largest absolute Gasteiger partial charge is 0.483 e. The smallest absolute Gasteiger partial charge is 0.162 e. The van der Waals surface area contributed by atoms with Crippen LogP contribution in [0, 0.1) is 11.6 Å². The molecule has 0 saturated heterocycles. The topological polar surface area (TPSA) is 35.2 Å². The molecule has 6 heteroatoms. The Morgan fingerprint density at radius 2 is 1.95 bits per heavy atom. The summed E-state index contributed by atoms with van der Waals surface area (Å²) in [7, 11) is 0. The molecule has 0 bridgehead atoms. The van der Waals surface area contributed by atoms with E-state index in [-0.39, 0.29) is 11.8 Å². The average Bonchev–Trinajstić information content (AvgIpc) is 2.76. The first-order valence-corrected chi connectivity index (χ1v) is 6.79. The molecule has 1 heterocycles. The van der Waals surface area contributed by atoms with Crippen molar-refractivity contribution < 1.29 is 13.5 Å². The number of ether oxygens (including phenoxy) is 1. The van der Waals surface area contributed by atoms with Crippen molar-refractivity contribution in [1.29, 1.82) is 0 Å². The van der Waals surface area contributed by atoms with Gasteiger partial charge in [-0.2, -0.15) is 0 Å². The fourth-order valence-corrected chi connectivity index (χ4v) is 2.81. The molecule has 0 spiro atoms. The average molecular weight is 304 g/mol. The highest BCUT2D eigenvalue weighted by Crippen LogP contribution is 2.32. The highest BCUT2D eigenvalue weighted by atomic mass is 35.5. The first kappa shape index (κ1) is 14.2. The van der Waals surface area contributed by atoms with Crippen molar-refractivity contribution in [1.82, 2.24) is 0 Å². The SMILES string of the molecule is CC(N)C(Oc1ccc(F)c(F)c1)c1ccc(Cl)s1. The molecule has 102 valence electrons. The molecule has 2 N–H and O–H groups in total. The zero-order valence-electron chi connectivity index (χ0n) is 10.1. The van der Waals surface area contributed by atoms with Crippen molar-refractivity contribution in [2.75, 3.05) is 0 Å². The molecule has 2 nitrogen and oxygen atoms in total. The second kappa shape index (κ2) is 5.86. The lowest BCUT2D eigenvalue weighted by atomic mass is 10.1. The van der Waals surface area contributed by atoms with Gasteiger partial charge in [0.25, 0.3) is 0 Å². The molecule has 0 aliphatic rings. The lowest BCUT2D eigenvalue weighted by Gasteiger charge is -2.21. The van der Waals surface area contributed by atoms with E-state index in [0.717, 1.165) is 17.0 Å². The molecule has 0 fully saturated rings. The van der Waals surface area contributed by atoms with Gasteiger partial charge in [0.2, 0.25) is 0 Å². The van der Waals surface area contributed by atoms with Crippen molar-refractivity contribution >= 4 is 22.9 Å². The van der Waals surface area contributed by atoms with E-state index in [1.165, 1.54) is 17.4 Å². The lowest BCUT2D eigenvalue weighted by Crippen LogP contribution is -2.28. The summed E-state index contributed by atoms with van der Waals surface area (Å²) in [6.45, 7) is 1.78. The van der Waals surface area contributed by atoms with Gasteiger partial charge in [-0.25, -0.2) is 8.78 Å². The van der Waals surface area contributed by atoms with E-state index >= 15 is 0 Å². The Kier molecular flexibility index (Phi) is 4.39. The van der Waals surface area contributed by atoms with Gasteiger partial charge in [-0.15, -0.1) is 11.3 Å². The van der Waals surface area contributed by atoms with Crippen molar-refractivity contribution in [2.45, 2.75) is 19.1 Å². The molecular formula is C13H12ClF2NOS. The summed E-state index contributed by atoms with van der Waals surface area (Å²) >= 11 is 7.21. The van der Waals surface area contributed by atoms with Crippen molar-refractivity contribution in [3.8, 4) is 5.75 Å². The zero-order chi connectivity index (χ0) is 14.0. The molecule has 0 aliphatic heterocycles. The fourth-order valence-electron chi connectivity index (χ4n) is 1.60. The van der Waals surface area contributed by atoms with E-state index in [0.29, 0.717) is 4.34 Å². The van der Waals surface area contributed by atoms with E-state index in [2.05, 4.69) is 0 Å². The molecular weight excluding hydrogens is 292 g/mol. The number of thiophene rings is 1. The van der Waals surface area contributed by atoms with Crippen LogP contribution < -0.4 is 10.5 Å². The van der Waals surface area contributed by atoms with Crippen LogP contribution in [-0.2, 0) is 0 Å². The van der Waals surface area contributed by atoms with Gasteiger partial charge in [0.1, 0.15) is 11.9 Å². The monoisotopic (exact) mass is 303 g/mol. The number of benzene rings is 1. The molecule has 2 unspecified atom stereocenters. The standard InChI is InChI=1S/C13H12ClF2NOS/c1-7(17)13(11-4-5-12(14)19-11)18-8-2-3-9(15)10(16)6-8/h2-7,13H,17H2,1H3. The third kappa shape index (κ3) is 3.43. The van der Waals surface area contributed by atoms with Crippen LogP contribution in [0.4, 0.5) is 8.78 Å². The molecule has 0 aliphatic carbocycles. The van der Waals surface area contributed by atoms with Crippen LogP contribution in [0.5, 0.6) is 5.75 Å². The first-order chi connectivity index (χ1) is 8.97. The minimum absolute atomic E-state index is 0.228. The molecule has 2 aromatic rings. The molecule has 1 aromatic carbocycles. The van der Waals surface area contributed by atoms with Crippen LogP contribution >= 0.6 is 22.9 Å². The number of nitrogens with two attached hydrogens (primary N) is 1. The molecule has 0 radical (unpaired) electrons. The lowest BCUT2D eigenvalue weighted by molar-refractivity contribution is 0.183. The number of hydrogen-bond acceptors (Lipinski definition) is 3. The maximum Gasteiger partial charge on any atom is 0.162 e. The molecule has 1 aromatic heterocycles. The molecule has 19 heavy (non-hydrogen) atoms. The third-order valence-electron chi connectivity index (χ3n) is 2.51. The Balaban J connectivity index is 2.23.